The quantitative estimate of drug-likeness (QED) is 0.825. The van der Waals surface area contributed by atoms with E-state index in [2.05, 4.69) is 28.8 Å². The van der Waals surface area contributed by atoms with Gasteiger partial charge in [-0.1, -0.05) is 13.8 Å². The number of pyridine rings is 1. The van der Waals surface area contributed by atoms with E-state index in [1.54, 1.807) is 6.33 Å². The van der Waals surface area contributed by atoms with Gasteiger partial charge < -0.3 is 10.1 Å². The van der Waals surface area contributed by atoms with Gasteiger partial charge in [0, 0.05) is 0 Å². The fraction of sp³-hybridized carbons (Fsp3) is 0.364. The van der Waals surface area contributed by atoms with Crippen LogP contribution in [0.1, 0.15) is 30.0 Å². The zero-order valence-electron chi connectivity index (χ0n) is 9.19. The largest absolute Gasteiger partial charge is 0.477 e. The molecule has 0 aromatic carbocycles. The van der Waals surface area contributed by atoms with Crippen molar-refractivity contribution in [2.45, 2.75) is 20.3 Å². The van der Waals surface area contributed by atoms with Gasteiger partial charge in [0.15, 0.2) is 5.69 Å². The first-order valence-electron chi connectivity index (χ1n) is 5.14. The van der Waals surface area contributed by atoms with Crippen LogP contribution in [0.3, 0.4) is 0 Å². The second-order valence-corrected chi connectivity index (χ2v) is 4.16. The molecule has 2 N–H and O–H groups in total. The molecule has 2 aromatic heterocycles. The Balaban J connectivity index is 2.59. The van der Waals surface area contributed by atoms with E-state index in [0.717, 1.165) is 23.1 Å². The number of H-pyrrole nitrogens is 1. The molecule has 84 valence electrons. The number of aromatic nitrogens is 3. The van der Waals surface area contributed by atoms with Crippen LogP contribution in [0.2, 0.25) is 0 Å². The van der Waals surface area contributed by atoms with Crippen LogP contribution in [0, 0.1) is 5.92 Å². The minimum atomic E-state index is -1.01. The molecule has 0 fully saturated rings. The van der Waals surface area contributed by atoms with E-state index in [4.69, 9.17) is 5.11 Å². The monoisotopic (exact) mass is 219 g/mol. The number of aromatic amines is 1. The third-order valence-electron chi connectivity index (χ3n) is 2.30. The number of fused-ring (bicyclic) bond motifs is 1. The molecule has 16 heavy (non-hydrogen) atoms. The molecule has 0 radical (unpaired) electrons. The first-order chi connectivity index (χ1) is 7.58. The number of nitrogens with zero attached hydrogens (tertiary/aromatic N) is 2. The van der Waals surface area contributed by atoms with Gasteiger partial charge in [0.25, 0.3) is 0 Å². The molecule has 2 aromatic rings. The number of nitrogens with one attached hydrogen (secondary N) is 1. The summed E-state index contributed by atoms with van der Waals surface area (Å²) >= 11 is 0. The molecular formula is C11H13N3O2. The molecule has 2 heterocycles. The smallest absolute Gasteiger partial charge is 0.354 e. The molecule has 5 heteroatoms. The molecule has 5 nitrogen and oxygen atoms in total. The van der Waals surface area contributed by atoms with E-state index in [0.29, 0.717) is 5.92 Å². The molecule has 0 aliphatic carbocycles. The van der Waals surface area contributed by atoms with E-state index in [1.807, 2.05) is 0 Å². The number of aromatic carboxylic acids is 1. The van der Waals surface area contributed by atoms with Gasteiger partial charge in [0.1, 0.15) is 5.52 Å². The normalized spacial score (nSPS) is 11.2. The lowest BCUT2D eigenvalue weighted by Crippen LogP contribution is -2.06. The lowest BCUT2D eigenvalue weighted by molar-refractivity contribution is 0.0690. The highest BCUT2D eigenvalue weighted by atomic mass is 16.4. The average Bonchev–Trinajstić information content (AvgIpc) is 2.64. The van der Waals surface area contributed by atoms with Crippen molar-refractivity contribution in [3.63, 3.8) is 0 Å². The maximum atomic E-state index is 10.9. The lowest BCUT2D eigenvalue weighted by atomic mass is 10.1. The molecule has 2 rings (SSSR count). The van der Waals surface area contributed by atoms with Gasteiger partial charge in [0.05, 0.1) is 17.5 Å². The summed E-state index contributed by atoms with van der Waals surface area (Å²) in [6.07, 6.45) is 2.28. The fourth-order valence-corrected chi connectivity index (χ4v) is 1.65. The van der Waals surface area contributed by atoms with Crippen LogP contribution in [0.5, 0.6) is 0 Å². The summed E-state index contributed by atoms with van der Waals surface area (Å²) in [5, 5.41) is 8.94. The van der Waals surface area contributed by atoms with E-state index in [1.165, 1.54) is 6.07 Å². The highest BCUT2D eigenvalue weighted by Gasteiger charge is 2.13. The van der Waals surface area contributed by atoms with Crippen molar-refractivity contribution >= 4 is 17.0 Å². The van der Waals surface area contributed by atoms with Gasteiger partial charge in [0.2, 0.25) is 0 Å². The van der Waals surface area contributed by atoms with Gasteiger partial charge in [-0.15, -0.1) is 0 Å². The number of carbonyl (C=O) groups is 1. The molecule has 0 saturated heterocycles. The van der Waals surface area contributed by atoms with Crippen molar-refractivity contribution < 1.29 is 9.90 Å². The Morgan fingerprint density at radius 1 is 1.56 bits per heavy atom. The van der Waals surface area contributed by atoms with Gasteiger partial charge in [-0.3, -0.25) is 0 Å². The van der Waals surface area contributed by atoms with Crippen molar-refractivity contribution in [1.82, 2.24) is 15.0 Å². The second-order valence-electron chi connectivity index (χ2n) is 4.16. The Morgan fingerprint density at radius 3 is 2.94 bits per heavy atom. The standard InChI is InChI=1S/C11H13N3O2/c1-6(2)3-8-10-7(12-5-13-10)4-9(14-8)11(15)16/h4-6H,3H2,1-2H3,(H,12,13)(H,15,16). The molecule has 0 bridgehead atoms. The molecule has 0 unspecified atom stereocenters. The van der Waals surface area contributed by atoms with Crippen molar-refractivity contribution in [2.24, 2.45) is 5.92 Å². The van der Waals surface area contributed by atoms with Gasteiger partial charge in [-0.05, 0) is 18.4 Å². The Kier molecular flexibility index (Phi) is 2.60. The Hall–Kier alpha value is -1.91. The Bertz CT molecular complexity index is 531. The van der Waals surface area contributed by atoms with Crippen LogP contribution >= 0.6 is 0 Å². The summed E-state index contributed by atoms with van der Waals surface area (Å²) in [5.41, 5.74) is 2.29. The van der Waals surface area contributed by atoms with Crippen molar-refractivity contribution in [1.29, 1.82) is 0 Å². The van der Waals surface area contributed by atoms with Crippen LogP contribution in [-0.2, 0) is 6.42 Å². The number of carboxylic acid groups (broad SMARTS) is 1. The van der Waals surface area contributed by atoms with E-state index < -0.39 is 5.97 Å². The van der Waals surface area contributed by atoms with E-state index >= 15 is 0 Å². The molecule has 0 aliphatic rings. The molecule has 0 aliphatic heterocycles. The molecule has 0 amide bonds. The number of hydrogen-bond acceptors (Lipinski definition) is 3. The average molecular weight is 219 g/mol. The van der Waals surface area contributed by atoms with Crippen LogP contribution in [0.4, 0.5) is 0 Å². The summed E-state index contributed by atoms with van der Waals surface area (Å²) in [5.74, 6) is -0.599. The highest BCUT2D eigenvalue weighted by molar-refractivity contribution is 5.90. The zero-order chi connectivity index (χ0) is 11.7. The Morgan fingerprint density at radius 2 is 2.31 bits per heavy atom. The number of imidazole rings is 1. The van der Waals surface area contributed by atoms with Crippen LogP contribution < -0.4 is 0 Å². The maximum Gasteiger partial charge on any atom is 0.354 e. The minimum Gasteiger partial charge on any atom is -0.477 e. The summed E-state index contributed by atoms with van der Waals surface area (Å²) in [6.45, 7) is 4.13. The molecule has 0 saturated carbocycles. The maximum absolute atomic E-state index is 10.9. The topological polar surface area (TPSA) is 78.9 Å². The number of rotatable bonds is 3. The lowest BCUT2D eigenvalue weighted by Gasteiger charge is -2.05. The van der Waals surface area contributed by atoms with Gasteiger partial charge in [-0.25, -0.2) is 14.8 Å². The summed E-state index contributed by atoms with van der Waals surface area (Å²) in [4.78, 5) is 22.1. The summed E-state index contributed by atoms with van der Waals surface area (Å²) in [7, 11) is 0. The fourth-order valence-electron chi connectivity index (χ4n) is 1.65. The van der Waals surface area contributed by atoms with Crippen LogP contribution in [0.25, 0.3) is 11.0 Å². The predicted octanol–water partition coefficient (Wildman–Crippen LogP) is 1.85. The summed E-state index contributed by atoms with van der Waals surface area (Å²) in [6, 6.07) is 1.51. The number of carboxylic acids is 1. The molecule has 0 spiro atoms. The summed E-state index contributed by atoms with van der Waals surface area (Å²) < 4.78 is 0. The highest BCUT2D eigenvalue weighted by Crippen LogP contribution is 2.17. The minimum absolute atomic E-state index is 0.0624. The van der Waals surface area contributed by atoms with E-state index in [-0.39, 0.29) is 5.69 Å². The molecule has 0 atom stereocenters. The van der Waals surface area contributed by atoms with Crippen molar-refractivity contribution in [2.75, 3.05) is 0 Å². The second kappa shape index (κ2) is 3.92. The van der Waals surface area contributed by atoms with Crippen molar-refractivity contribution in [3.05, 3.63) is 23.8 Å². The zero-order valence-corrected chi connectivity index (χ0v) is 9.19. The third-order valence-corrected chi connectivity index (χ3v) is 2.30. The number of hydrogen-bond donors (Lipinski definition) is 2. The van der Waals surface area contributed by atoms with Crippen molar-refractivity contribution in [3.8, 4) is 0 Å². The predicted molar refractivity (Wildman–Crippen MR) is 59.4 cm³/mol. The first kappa shape index (κ1) is 10.6. The SMILES string of the molecule is CC(C)Cc1nc(C(=O)O)cc2[nH]cnc12. The van der Waals surface area contributed by atoms with Crippen LogP contribution in [-0.4, -0.2) is 26.0 Å². The first-order valence-corrected chi connectivity index (χ1v) is 5.14. The Labute approximate surface area is 92.5 Å². The van der Waals surface area contributed by atoms with E-state index in [9.17, 15) is 4.79 Å². The molecular weight excluding hydrogens is 206 g/mol. The van der Waals surface area contributed by atoms with Crippen LogP contribution in [0.15, 0.2) is 12.4 Å². The van der Waals surface area contributed by atoms with Gasteiger partial charge >= 0.3 is 5.97 Å². The van der Waals surface area contributed by atoms with Gasteiger partial charge in [-0.2, -0.15) is 0 Å². The third kappa shape index (κ3) is 1.88.